The number of benzene rings is 1. The summed E-state index contributed by atoms with van der Waals surface area (Å²) in [6.45, 7) is 9.17. The molecule has 2 fully saturated rings. The minimum Gasteiger partial charge on any atom is -0.393 e. The van der Waals surface area contributed by atoms with Gasteiger partial charge < -0.3 is 20.5 Å². The average Bonchev–Trinajstić information content (AvgIpc) is 3.56. The van der Waals surface area contributed by atoms with Crippen LogP contribution < -0.4 is 10.6 Å². The highest BCUT2D eigenvalue weighted by molar-refractivity contribution is 14.0. The van der Waals surface area contributed by atoms with Gasteiger partial charge in [0.05, 0.1) is 12.6 Å². The van der Waals surface area contributed by atoms with Gasteiger partial charge in [0.2, 0.25) is 0 Å². The second-order valence-electron chi connectivity index (χ2n) is 8.32. The van der Waals surface area contributed by atoms with E-state index in [9.17, 15) is 5.11 Å². The van der Waals surface area contributed by atoms with Gasteiger partial charge in [-0.25, -0.2) is 4.99 Å². The van der Waals surface area contributed by atoms with E-state index in [-0.39, 0.29) is 30.1 Å². The first kappa shape index (κ1) is 25.4. The van der Waals surface area contributed by atoms with E-state index in [0.29, 0.717) is 6.54 Å². The van der Waals surface area contributed by atoms with Crippen molar-refractivity contribution in [1.29, 1.82) is 0 Å². The van der Waals surface area contributed by atoms with Crippen LogP contribution in [0.15, 0.2) is 29.3 Å². The van der Waals surface area contributed by atoms with Crippen molar-refractivity contribution in [3.05, 3.63) is 35.4 Å². The van der Waals surface area contributed by atoms with Gasteiger partial charge in [0.25, 0.3) is 0 Å². The lowest BCUT2D eigenvalue weighted by molar-refractivity contribution is 0.0792. The lowest BCUT2D eigenvalue weighted by atomic mass is 10.1. The van der Waals surface area contributed by atoms with Gasteiger partial charge in [0.15, 0.2) is 5.96 Å². The van der Waals surface area contributed by atoms with Crippen molar-refractivity contribution in [2.24, 2.45) is 10.9 Å². The van der Waals surface area contributed by atoms with Crippen LogP contribution in [-0.4, -0.2) is 61.5 Å². The molecule has 3 rings (SSSR count). The number of guanidine groups is 1. The number of hydrogen-bond donors (Lipinski definition) is 3. The van der Waals surface area contributed by atoms with Gasteiger partial charge >= 0.3 is 0 Å². The number of rotatable bonds is 11. The van der Waals surface area contributed by atoms with Crippen LogP contribution in [0.25, 0.3) is 0 Å². The number of nitrogens with one attached hydrogen (secondary N) is 2. The minimum atomic E-state index is -0.110. The van der Waals surface area contributed by atoms with Gasteiger partial charge in [-0.1, -0.05) is 24.3 Å². The van der Waals surface area contributed by atoms with Crippen LogP contribution in [0.1, 0.15) is 50.2 Å². The van der Waals surface area contributed by atoms with E-state index in [4.69, 9.17) is 9.73 Å². The molecule has 1 aromatic rings. The topological polar surface area (TPSA) is 69.1 Å². The highest BCUT2D eigenvalue weighted by atomic mass is 127. The molecule has 3 N–H and O–H groups in total. The molecule has 0 bridgehead atoms. The van der Waals surface area contributed by atoms with E-state index in [1.165, 1.54) is 24.0 Å². The number of nitrogens with zero attached hydrogens (tertiary/aromatic N) is 2. The fourth-order valence-corrected chi connectivity index (χ4v) is 3.51. The highest BCUT2D eigenvalue weighted by Gasteiger charge is 2.20. The molecule has 0 radical (unpaired) electrons. The number of aliphatic hydroxyl groups excluding tert-OH is 1. The molecular formula is C23H39IN4O2. The van der Waals surface area contributed by atoms with E-state index in [1.54, 1.807) is 0 Å². The Hall–Kier alpha value is -0.900. The Bertz CT molecular complexity index is 614. The Morgan fingerprint density at radius 3 is 2.47 bits per heavy atom. The van der Waals surface area contributed by atoms with Gasteiger partial charge in [0, 0.05) is 45.9 Å². The zero-order chi connectivity index (χ0) is 20.3. The smallest absolute Gasteiger partial charge is 0.191 e. The monoisotopic (exact) mass is 530 g/mol. The van der Waals surface area contributed by atoms with Crippen molar-refractivity contribution < 1.29 is 9.84 Å². The lowest BCUT2D eigenvalue weighted by Gasteiger charge is -2.29. The molecule has 1 aliphatic carbocycles. The maximum atomic E-state index is 9.63. The summed E-state index contributed by atoms with van der Waals surface area (Å²) in [5, 5.41) is 16.3. The summed E-state index contributed by atoms with van der Waals surface area (Å²) in [6.07, 6.45) is 5.36. The van der Waals surface area contributed by atoms with Gasteiger partial charge in [-0.3, -0.25) is 4.90 Å². The van der Waals surface area contributed by atoms with Crippen LogP contribution in [-0.2, 0) is 17.8 Å². The Labute approximate surface area is 198 Å². The molecular weight excluding hydrogens is 491 g/mol. The number of aliphatic imine (C=N–C) groups is 1. The molecule has 1 saturated carbocycles. The molecule has 1 aliphatic heterocycles. The third-order valence-electron chi connectivity index (χ3n) is 5.56. The quantitative estimate of drug-likeness (QED) is 0.178. The molecule has 1 saturated heterocycles. The van der Waals surface area contributed by atoms with Crippen molar-refractivity contribution >= 4 is 29.9 Å². The van der Waals surface area contributed by atoms with E-state index in [1.807, 2.05) is 0 Å². The second-order valence-corrected chi connectivity index (χ2v) is 8.32. The fourth-order valence-electron chi connectivity index (χ4n) is 3.51. The molecule has 1 aromatic carbocycles. The van der Waals surface area contributed by atoms with Crippen molar-refractivity contribution in [2.45, 2.75) is 58.2 Å². The summed E-state index contributed by atoms with van der Waals surface area (Å²) in [6, 6.07) is 8.75. The van der Waals surface area contributed by atoms with Crippen molar-refractivity contribution in [1.82, 2.24) is 15.5 Å². The number of aliphatic hydroxyl groups is 1. The Kier molecular flexibility index (Phi) is 12.0. The highest BCUT2D eigenvalue weighted by Crippen LogP contribution is 2.28. The molecule has 0 spiro atoms. The zero-order valence-corrected chi connectivity index (χ0v) is 20.6. The molecule has 170 valence electrons. The molecule has 6 nitrogen and oxygen atoms in total. The molecule has 0 atom stereocenters. The number of likely N-dealkylation sites (tertiary alicyclic amines) is 1. The van der Waals surface area contributed by atoms with Gasteiger partial charge in [-0.2, -0.15) is 0 Å². The summed E-state index contributed by atoms with van der Waals surface area (Å²) < 4.78 is 5.68. The minimum absolute atomic E-state index is 0. The summed E-state index contributed by atoms with van der Waals surface area (Å²) in [5.74, 6) is 1.70. The average molecular weight is 530 g/mol. The standard InChI is InChI=1S/C23H38N4O2.HI/c1-2-24-23(25-12-3-15-29-18-21-8-9-21)26-16-19-4-6-20(7-5-19)17-27-13-10-22(28)11-14-27;/h4-7,21-22,28H,2-3,8-18H2,1H3,(H2,24,25,26);1H. The summed E-state index contributed by atoms with van der Waals surface area (Å²) in [5.41, 5.74) is 2.54. The number of halogens is 1. The third-order valence-corrected chi connectivity index (χ3v) is 5.56. The maximum absolute atomic E-state index is 9.63. The number of piperidine rings is 1. The second kappa shape index (κ2) is 14.2. The van der Waals surface area contributed by atoms with E-state index >= 15 is 0 Å². The fraction of sp³-hybridized carbons (Fsp3) is 0.696. The molecule has 2 aliphatic rings. The molecule has 7 heteroatoms. The van der Waals surface area contributed by atoms with E-state index < -0.39 is 0 Å². The van der Waals surface area contributed by atoms with Crippen molar-refractivity contribution in [2.75, 3.05) is 39.4 Å². The van der Waals surface area contributed by atoms with Gasteiger partial charge in [-0.15, -0.1) is 24.0 Å². The molecule has 1 heterocycles. The first-order valence-corrected chi connectivity index (χ1v) is 11.3. The molecule has 0 unspecified atom stereocenters. The van der Waals surface area contributed by atoms with E-state index in [2.05, 4.69) is 46.7 Å². The lowest BCUT2D eigenvalue weighted by Crippen LogP contribution is -2.38. The number of hydrogen-bond acceptors (Lipinski definition) is 4. The Morgan fingerprint density at radius 1 is 1.10 bits per heavy atom. The largest absolute Gasteiger partial charge is 0.393 e. The van der Waals surface area contributed by atoms with Crippen LogP contribution >= 0.6 is 24.0 Å². The summed E-state index contributed by atoms with van der Waals surface area (Å²) in [7, 11) is 0. The Balaban J connectivity index is 0.00000320. The normalized spacial score (nSPS) is 18.1. The van der Waals surface area contributed by atoms with Crippen molar-refractivity contribution in [3.8, 4) is 0 Å². The maximum Gasteiger partial charge on any atom is 0.191 e. The number of ether oxygens (including phenoxy) is 1. The zero-order valence-electron chi connectivity index (χ0n) is 18.3. The summed E-state index contributed by atoms with van der Waals surface area (Å²) in [4.78, 5) is 7.13. The summed E-state index contributed by atoms with van der Waals surface area (Å²) >= 11 is 0. The van der Waals surface area contributed by atoms with Crippen LogP contribution in [0.2, 0.25) is 0 Å². The van der Waals surface area contributed by atoms with Crippen molar-refractivity contribution in [3.63, 3.8) is 0 Å². The predicted molar refractivity (Wildman–Crippen MR) is 133 cm³/mol. The SMILES string of the molecule is CCNC(=NCc1ccc(CN2CCC(O)CC2)cc1)NCCCOCC1CC1.I. The Morgan fingerprint density at radius 2 is 1.80 bits per heavy atom. The molecule has 0 amide bonds. The third kappa shape index (κ3) is 9.94. The predicted octanol–water partition coefficient (Wildman–Crippen LogP) is 3.13. The molecule has 0 aromatic heterocycles. The first-order valence-electron chi connectivity index (χ1n) is 11.3. The van der Waals surface area contributed by atoms with Crippen LogP contribution in [0.4, 0.5) is 0 Å². The first-order chi connectivity index (χ1) is 14.2. The molecule has 30 heavy (non-hydrogen) atoms. The van der Waals surface area contributed by atoms with Crippen LogP contribution in [0.3, 0.4) is 0 Å². The van der Waals surface area contributed by atoms with Crippen LogP contribution in [0, 0.1) is 5.92 Å². The van der Waals surface area contributed by atoms with Gasteiger partial charge in [0.1, 0.15) is 0 Å². The van der Waals surface area contributed by atoms with Crippen LogP contribution in [0.5, 0.6) is 0 Å². The van der Waals surface area contributed by atoms with Gasteiger partial charge in [-0.05, 0) is 56.1 Å². The van der Waals surface area contributed by atoms with E-state index in [0.717, 1.165) is 77.1 Å².